The van der Waals surface area contributed by atoms with Gasteiger partial charge in [0.2, 0.25) is 0 Å². The number of hydrogen-bond acceptors (Lipinski definition) is 5. The maximum atomic E-state index is 12.0. The van der Waals surface area contributed by atoms with Gasteiger partial charge in [-0.3, -0.25) is 0 Å². The lowest BCUT2D eigenvalue weighted by Gasteiger charge is -2.28. The van der Waals surface area contributed by atoms with E-state index in [-0.39, 0.29) is 0 Å². The first-order chi connectivity index (χ1) is 10.9. The van der Waals surface area contributed by atoms with Gasteiger partial charge in [0.05, 0.1) is 30.9 Å². The molecule has 0 aliphatic rings. The molecule has 0 amide bonds. The molecule has 1 unspecified atom stereocenters. The van der Waals surface area contributed by atoms with Crippen molar-refractivity contribution in [1.29, 1.82) is 0 Å². The zero-order valence-electron chi connectivity index (χ0n) is 13.3. The first kappa shape index (κ1) is 16.7. The highest BCUT2D eigenvalue weighted by Crippen LogP contribution is 2.30. The lowest BCUT2D eigenvalue weighted by atomic mass is 9.82. The Balaban J connectivity index is 2.55. The van der Waals surface area contributed by atoms with Gasteiger partial charge in [0.1, 0.15) is 0 Å². The summed E-state index contributed by atoms with van der Waals surface area (Å²) in [7, 11) is 2.65. The third-order valence-corrected chi connectivity index (χ3v) is 3.78. The highest BCUT2D eigenvalue weighted by molar-refractivity contribution is 5.92. The second kappa shape index (κ2) is 6.62. The van der Waals surface area contributed by atoms with Gasteiger partial charge in [0.15, 0.2) is 0 Å². The van der Waals surface area contributed by atoms with Crippen molar-refractivity contribution in [3.63, 3.8) is 0 Å². The predicted octanol–water partition coefficient (Wildman–Crippen LogP) is 2.48. The monoisotopic (exact) mass is 313 g/mol. The maximum absolute atomic E-state index is 12.0. The van der Waals surface area contributed by atoms with Gasteiger partial charge in [0, 0.05) is 0 Å². The summed E-state index contributed by atoms with van der Waals surface area (Å²) >= 11 is 0. The number of methoxy groups -OCH3 is 2. The fourth-order valence-electron chi connectivity index (χ4n) is 2.47. The second-order valence-corrected chi connectivity index (χ2v) is 5.31. The molecule has 2 aromatic carbocycles. The van der Waals surface area contributed by atoms with Crippen LogP contribution in [0.3, 0.4) is 0 Å². The van der Waals surface area contributed by atoms with Crippen LogP contribution in [0.1, 0.15) is 38.8 Å². The minimum atomic E-state index is -0.977. The molecule has 0 aliphatic carbocycles. The minimum absolute atomic E-state index is 0.392. The zero-order chi connectivity index (χ0) is 17.0. The SMILES string of the molecule is COC(=O)c1cccc(C(C)(N)c2ccccc2C(=O)OC)c1. The van der Waals surface area contributed by atoms with Crippen molar-refractivity contribution in [2.75, 3.05) is 14.2 Å². The van der Waals surface area contributed by atoms with E-state index in [9.17, 15) is 9.59 Å². The van der Waals surface area contributed by atoms with Crippen molar-refractivity contribution in [1.82, 2.24) is 0 Å². The molecule has 2 N–H and O–H groups in total. The summed E-state index contributed by atoms with van der Waals surface area (Å²) < 4.78 is 9.55. The lowest BCUT2D eigenvalue weighted by molar-refractivity contribution is 0.0589. The van der Waals surface area contributed by atoms with Crippen molar-refractivity contribution in [3.8, 4) is 0 Å². The van der Waals surface area contributed by atoms with Crippen molar-refractivity contribution >= 4 is 11.9 Å². The van der Waals surface area contributed by atoms with Gasteiger partial charge >= 0.3 is 11.9 Å². The first-order valence-corrected chi connectivity index (χ1v) is 7.07. The number of ether oxygens (including phenoxy) is 2. The number of rotatable bonds is 4. The fourth-order valence-corrected chi connectivity index (χ4v) is 2.47. The Bertz CT molecular complexity index is 737. The van der Waals surface area contributed by atoms with E-state index in [2.05, 4.69) is 0 Å². The molecule has 2 aromatic rings. The third-order valence-electron chi connectivity index (χ3n) is 3.78. The molecule has 0 saturated heterocycles. The molecule has 120 valence electrons. The number of nitrogens with two attached hydrogens (primary N) is 1. The van der Waals surface area contributed by atoms with Crippen LogP contribution in [0.2, 0.25) is 0 Å². The van der Waals surface area contributed by atoms with Crippen LogP contribution in [-0.2, 0) is 15.0 Å². The van der Waals surface area contributed by atoms with Crippen LogP contribution in [0.25, 0.3) is 0 Å². The topological polar surface area (TPSA) is 78.6 Å². The van der Waals surface area contributed by atoms with Gasteiger partial charge in [-0.15, -0.1) is 0 Å². The number of benzene rings is 2. The quantitative estimate of drug-likeness (QED) is 0.877. The van der Waals surface area contributed by atoms with E-state index in [1.807, 2.05) is 0 Å². The summed E-state index contributed by atoms with van der Waals surface area (Å²) in [6.45, 7) is 1.78. The molecule has 0 aromatic heterocycles. The summed E-state index contributed by atoms with van der Waals surface area (Å²) in [5.41, 5.74) is 7.63. The number of hydrogen-bond donors (Lipinski definition) is 1. The van der Waals surface area contributed by atoms with E-state index >= 15 is 0 Å². The summed E-state index contributed by atoms with van der Waals surface area (Å²) in [6, 6.07) is 13.8. The number of carbonyl (C=O) groups excluding carboxylic acids is 2. The number of esters is 2. The predicted molar refractivity (Wildman–Crippen MR) is 86.2 cm³/mol. The van der Waals surface area contributed by atoms with E-state index in [1.54, 1.807) is 55.5 Å². The van der Waals surface area contributed by atoms with E-state index in [4.69, 9.17) is 15.2 Å². The van der Waals surface area contributed by atoms with Gasteiger partial charge in [-0.05, 0) is 36.2 Å². The van der Waals surface area contributed by atoms with Gasteiger partial charge in [-0.1, -0.05) is 30.3 Å². The van der Waals surface area contributed by atoms with Crippen LogP contribution in [0.5, 0.6) is 0 Å². The van der Waals surface area contributed by atoms with Crippen LogP contribution in [0.4, 0.5) is 0 Å². The Hall–Kier alpha value is -2.66. The van der Waals surface area contributed by atoms with Gasteiger partial charge < -0.3 is 15.2 Å². The molecule has 2 rings (SSSR count). The van der Waals surface area contributed by atoms with Crippen molar-refractivity contribution in [2.24, 2.45) is 5.73 Å². The smallest absolute Gasteiger partial charge is 0.338 e. The summed E-state index contributed by atoms with van der Waals surface area (Å²) in [6.07, 6.45) is 0. The highest BCUT2D eigenvalue weighted by atomic mass is 16.5. The van der Waals surface area contributed by atoms with E-state index < -0.39 is 17.5 Å². The fraction of sp³-hybridized carbons (Fsp3) is 0.222. The Kier molecular flexibility index (Phi) is 4.81. The lowest BCUT2D eigenvalue weighted by Crippen LogP contribution is -2.36. The normalized spacial score (nSPS) is 13.0. The zero-order valence-corrected chi connectivity index (χ0v) is 13.3. The molecule has 0 fully saturated rings. The van der Waals surface area contributed by atoms with Crippen molar-refractivity contribution in [2.45, 2.75) is 12.5 Å². The van der Waals surface area contributed by atoms with Gasteiger partial charge in [0.25, 0.3) is 0 Å². The van der Waals surface area contributed by atoms with E-state index in [0.717, 1.165) is 0 Å². The summed E-state index contributed by atoms with van der Waals surface area (Å²) in [4.78, 5) is 23.7. The Morgan fingerprint density at radius 3 is 2.26 bits per heavy atom. The van der Waals surface area contributed by atoms with Crippen LogP contribution >= 0.6 is 0 Å². The number of carbonyl (C=O) groups is 2. The van der Waals surface area contributed by atoms with Crippen molar-refractivity contribution in [3.05, 3.63) is 70.8 Å². The average molecular weight is 313 g/mol. The Morgan fingerprint density at radius 1 is 0.957 bits per heavy atom. The molecule has 1 atom stereocenters. The van der Waals surface area contributed by atoms with Crippen LogP contribution in [-0.4, -0.2) is 26.2 Å². The van der Waals surface area contributed by atoms with Crippen LogP contribution in [0.15, 0.2) is 48.5 Å². The molecule has 0 spiro atoms. The second-order valence-electron chi connectivity index (χ2n) is 5.31. The molecular weight excluding hydrogens is 294 g/mol. The molecule has 0 bridgehead atoms. The largest absolute Gasteiger partial charge is 0.465 e. The first-order valence-electron chi connectivity index (χ1n) is 7.07. The summed E-state index contributed by atoms with van der Waals surface area (Å²) in [5, 5.41) is 0. The third kappa shape index (κ3) is 3.24. The molecular formula is C18H19NO4. The minimum Gasteiger partial charge on any atom is -0.465 e. The average Bonchev–Trinajstić information content (AvgIpc) is 2.60. The molecule has 0 radical (unpaired) electrons. The molecule has 0 saturated carbocycles. The molecule has 23 heavy (non-hydrogen) atoms. The summed E-state index contributed by atoms with van der Waals surface area (Å²) in [5.74, 6) is -0.898. The molecule has 5 heteroatoms. The van der Waals surface area contributed by atoms with Crippen molar-refractivity contribution < 1.29 is 19.1 Å². The maximum Gasteiger partial charge on any atom is 0.338 e. The van der Waals surface area contributed by atoms with Gasteiger partial charge in [-0.2, -0.15) is 0 Å². The highest BCUT2D eigenvalue weighted by Gasteiger charge is 2.29. The Morgan fingerprint density at radius 2 is 1.61 bits per heavy atom. The molecule has 0 aliphatic heterocycles. The molecule has 5 nitrogen and oxygen atoms in total. The standard InChI is InChI=1S/C18H19NO4/c1-18(19,13-8-6-7-12(11-13)16(20)22-2)15-10-5-4-9-14(15)17(21)23-3/h4-11H,19H2,1-3H3. The van der Waals surface area contributed by atoms with E-state index in [0.29, 0.717) is 22.3 Å². The molecule has 0 heterocycles. The van der Waals surface area contributed by atoms with E-state index in [1.165, 1.54) is 14.2 Å². The van der Waals surface area contributed by atoms with Gasteiger partial charge in [-0.25, -0.2) is 9.59 Å². The van der Waals surface area contributed by atoms with Crippen LogP contribution in [0, 0.1) is 0 Å². The van der Waals surface area contributed by atoms with Crippen LogP contribution < -0.4 is 5.73 Å². The Labute approximate surface area is 135 Å².